The van der Waals surface area contributed by atoms with Crippen LogP contribution in [0.3, 0.4) is 0 Å². The number of hydrogen-bond donors (Lipinski definition) is 1. The van der Waals surface area contributed by atoms with Crippen LogP contribution < -0.4 is 5.32 Å². The fourth-order valence-electron chi connectivity index (χ4n) is 4.08. The molecule has 0 unspecified atom stereocenters. The van der Waals surface area contributed by atoms with Crippen molar-refractivity contribution in [2.45, 2.75) is 65.6 Å². The lowest BCUT2D eigenvalue weighted by atomic mass is 9.99. The van der Waals surface area contributed by atoms with Crippen molar-refractivity contribution in [1.29, 1.82) is 0 Å². The summed E-state index contributed by atoms with van der Waals surface area (Å²) >= 11 is 12.6. The van der Waals surface area contributed by atoms with E-state index in [0.717, 1.165) is 34.2 Å². The summed E-state index contributed by atoms with van der Waals surface area (Å²) in [4.78, 5) is 29.2. The Morgan fingerprint density at radius 2 is 1.67 bits per heavy atom. The van der Waals surface area contributed by atoms with E-state index < -0.39 is 6.04 Å². The van der Waals surface area contributed by atoms with Gasteiger partial charge in [0.1, 0.15) is 6.04 Å². The number of nitrogens with zero attached hydrogens (tertiary/aromatic N) is 1. The highest BCUT2D eigenvalue weighted by Crippen LogP contribution is 2.25. The second-order valence-corrected chi connectivity index (χ2v) is 10.2. The van der Waals surface area contributed by atoms with Gasteiger partial charge in [-0.1, -0.05) is 90.3 Å². The predicted octanol–water partition coefficient (Wildman–Crippen LogP) is 6.71. The molecule has 0 saturated heterocycles. The molecule has 6 heteroatoms. The molecule has 0 spiro atoms. The third-order valence-corrected chi connectivity index (χ3v) is 7.06. The number of amides is 2. The largest absolute Gasteiger partial charge is 0.352 e. The Morgan fingerprint density at radius 1 is 0.944 bits per heavy atom. The Balaban J connectivity index is 2.03. The van der Waals surface area contributed by atoms with Gasteiger partial charge >= 0.3 is 0 Å². The first-order chi connectivity index (χ1) is 17.2. The minimum absolute atomic E-state index is 0.00846. The van der Waals surface area contributed by atoms with E-state index in [1.165, 1.54) is 0 Å². The Hall–Kier alpha value is -2.82. The van der Waals surface area contributed by atoms with Crippen LogP contribution in [0, 0.1) is 13.8 Å². The smallest absolute Gasteiger partial charge is 0.243 e. The summed E-state index contributed by atoms with van der Waals surface area (Å²) in [7, 11) is 0. The SMILES string of the molecule is CC[C@H](C)NC(=O)[C@@H](Cc1ccccc1)N(Cc1ccc(Cl)cc1Cl)C(=O)Cc1cc(C)ccc1C. The van der Waals surface area contributed by atoms with Gasteiger partial charge in [0.2, 0.25) is 11.8 Å². The maximum atomic E-state index is 13.9. The van der Waals surface area contributed by atoms with Crippen LogP contribution in [0.15, 0.2) is 66.7 Å². The highest BCUT2D eigenvalue weighted by Gasteiger charge is 2.31. The number of halogens is 2. The summed E-state index contributed by atoms with van der Waals surface area (Å²) < 4.78 is 0. The zero-order chi connectivity index (χ0) is 26.2. The lowest BCUT2D eigenvalue weighted by Gasteiger charge is -2.33. The summed E-state index contributed by atoms with van der Waals surface area (Å²) in [5.74, 6) is -0.303. The van der Waals surface area contributed by atoms with Gasteiger partial charge in [-0.2, -0.15) is 0 Å². The molecule has 3 aromatic carbocycles. The fourth-order valence-corrected chi connectivity index (χ4v) is 4.55. The van der Waals surface area contributed by atoms with Crippen LogP contribution >= 0.6 is 23.2 Å². The van der Waals surface area contributed by atoms with Crippen LogP contribution in [0.25, 0.3) is 0 Å². The van der Waals surface area contributed by atoms with Crippen molar-refractivity contribution in [3.05, 3.63) is 105 Å². The maximum Gasteiger partial charge on any atom is 0.243 e. The van der Waals surface area contributed by atoms with Gasteiger partial charge in [0.05, 0.1) is 6.42 Å². The Bertz CT molecular complexity index is 1200. The zero-order valence-electron chi connectivity index (χ0n) is 21.4. The van der Waals surface area contributed by atoms with Crippen molar-refractivity contribution < 1.29 is 9.59 Å². The van der Waals surface area contributed by atoms with E-state index in [1.807, 2.05) is 82.3 Å². The minimum atomic E-state index is -0.703. The van der Waals surface area contributed by atoms with Crippen LogP contribution in [-0.4, -0.2) is 28.8 Å². The van der Waals surface area contributed by atoms with Gasteiger partial charge in [-0.25, -0.2) is 0 Å². The average Bonchev–Trinajstić information content (AvgIpc) is 2.85. The van der Waals surface area contributed by atoms with Crippen LogP contribution in [0.2, 0.25) is 10.0 Å². The second kappa shape index (κ2) is 12.9. The molecule has 0 radical (unpaired) electrons. The lowest BCUT2D eigenvalue weighted by Crippen LogP contribution is -2.52. The predicted molar refractivity (Wildman–Crippen MR) is 148 cm³/mol. The van der Waals surface area contributed by atoms with E-state index in [9.17, 15) is 9.59 Å². The van der Waals surface area contributed by atoms with Gasteiger partial charge in [-0.05, 0) is 61.6 Å². The summed E-state index contributed by atoms with van der Waals surface area (Å²) in [5, 5.41) is 4.08. The minimum Gasteiger partial charge on any atom is -0.352 e. The Kier molecular flexibility index (Phi) is 9.98. The number of rotatable bonds is 10. The Morgan fingerprint density at radius 3 is 2.33 bits per heavy atom. The van der Waals surface area contributed by atoms with Gasteiger partial charge in [0.15, 0.2) is 0 Å². The third-order valence-electron chi connectivity index (χ3n) is 6.47. The molecule has 4 nitrogen and oxygen atoms in total. The molecule has 0 saturated carbocycles. The van der Waals surface area contributed by atoms with E-state index in [-0.39, 0.29) is 30.8 Å². The van der Waals surface area contributed by atoms with Crippen molar-refractivity contribution in [3.8, 4) is 0 Å². The molecule has 3 rings (SSSR count). The monoisotopic (exact) mass is 524 g/mol. The zero-order valence-corrected chi connectivity index (χ0v) is 22.9. The fraction of sp³-hybridized carbons (Fsp3) is 0.333. The molecule has 0 fully saturated rings. The molecule has 2 atom stereocenters. The molecule has 0 aliphatic heterocycles. The molecule has 3 aromatic rings. The van der Waals surface area contributed by atoms with Crippen molar-refractivity contribution >= 4 is 35.0 Å². The molecule has 1 N–H and O–H groups in total. The molecule has 2 amide bonds. The first kappa shape index (κ1) is 27.8. The standard InChI is InChI=1S/C30H34Cl2N2O2/c1-5-22(4)33-30(36)28(16-23-9-7-6-8-10-23)34(19-24-13-14-26(31)18-27(24)32)29(35)17-25-15-20(2)11-12-21(25)3/h6-15,18,22,28H,5,16-17,19H2,1-4H3,(H,33,36)/t22-,28+/m0/s1. The second-order valence-electron chi connectivity index (χ2n) is 9.39. The number of aryl methyl sites for hydroxylation is 2. The summed E-state index contributed by atoms with van der Waals surface area (Å²) in [6, 6.07) is 20.4. The van der Waals surface area contributed by atoms with E-state index in [4.69, 9.17) is 23.2 Å². The third kappa shape index (κ3) is 7.59. The molecular formula is C30H34Cl2N2O2. The van der Waals surface area contributed by atoms with Crippen molar-refractivity contribution in [1.82, 2.24) is 10.2 Å². The molecule has 36 heavy (non-hydrogen) atoms. The Labute approximate surface area is 224 Å². The summed E-state index contributed by atoms with van der Waals surface area (Å²) in [5.41, 5.74) is 4.81. The van der Waals surface area contributed by atoms with Gasteiger partial charge in [0.25, 0.3) is 0 Å². The van der Waals surface area contributed by atoms with Crippen molar-refractivity contribution in [2.75, 3.05) is 0 Å². The molecule has 0 aliphatic carbocycles. The van der Waals surface area contributed by atoms with Crippen LogP contribution in [0.1, 0.15) is 48.1 Å². The van der Waals surface area contributed by atoms with E-state index in [2.05, 4.69) is 5.32 Å². The first-order valence-corrected chi connectivity index (χ1v) is 13.1. The van der Waals surface area contributed by atoms with E-state index in [0.29, 0.717) is 16.5 Å². The topological polar surface area (TPSA) is 49.4 Å². The highest BCUT2D eigenvalue weighted by atomic mass is 35.5. The molecule has 0 aromatic heterocycles. The summed E-state index contributed by atoms with van der Waals surface area (Å²) in [6.07, 6.45) is 1.39. The molecule has 0 aliphatic rings. The van der Waals surface area contributed by atoms with Gasteiger partial charge in [-0.15, -0.1) is 0 Å². The molecule has 190 valence electrons. The maximum absolute atomic E-state index is 13.9. The average molecular weight is 526 g/mol. The van der Waals surface area contributed by atoms with E-state index in [1.54, 1.807) is 17.0 Å². The van der Waals surface area contributed by atoms with Gasteiger partial charge in [0, 0.05) is 29.1 Å². The first-order valence-electron chi connectivity index (χ1n) is 12.3. The number of hydrogen-bond acceptors (Lipinski definition) is 2. The van der Waals surface area contributed by atoms with Gasteiger partial charge < -0.3 is 10.2 Å². The van der Waals surface area contributed by atoms with Crippen molar-refractivity contribution in [2.24, 2.45) is 0 Å². The lowest BCUT2D eigenvalue weighted by molar-refractivity contribution is -0.141. The molecule has 0 bridgehead atoms. The van der Waals surface area contributed by atoms with Gasteiger partial charge in [-0.3, -0.25) is 9.59 Å². The number of nitrogens with one attached hydrogen (secondary N) is 1. The highest BCUT2D eigenvalue weighted by molar-refractivity contribution is 6.35. The summed E-state index contributed by atoms with van der Waals surface area (Å²) in [6.45, 7) is 8.20. The number of carbonyl (C=O) groups is 2. The number of benzene rings is 3. The molecule has 0 heterocycles. The van der Waals surface area contributed by atoms with E-state index >= 15 is 0 Å². The quantitative estimate of drug-likeness (QED) is 0.320. The molecular weight excluding hydrogens is 491 g/mol. The normalized spacial score (nSPS) is 12.6. The van der Waals surface area contributed by atoms with Crippen LogP contribution in [0.4, 0.5) is 0 Å². The van der Waals surface area contributed by atoms with Crippen molar-refractivity contribution in [3.63, 3.8) is 0 Å². The number of carbonyl (C=O) groups excluding carboxylic acids is 2. The van der Waals surface area contributed by atoms with Crippen LogP contribution in [-0.2, 0) is 29.0 Å². The van der Waals surface area contributed by atoms with Crippen LogP contribution in [0.5, 0.6) is 0 Å².